The molecule has 0 bridgehead atoms. The molecule has 3 rings (SSSR count). The Morgan fingerprint density at radius 3 is 2.75 bits per heavy atom. The fourth-order valence-corrected chi connectivity index (χ4v) is 3.31. The van der Waals surface area contributed by atoms with Crippen LogP contribution in [-0.2, 0) is 16.7 Å². The number of fused-ring (bicyclic) bond motifs is 2. The lowest BCUT2D eigenvalue weighted by Gasteiger charge is -2.27. The Balaban J connectivity index is 2.27. The number of carbonyl (C=O) groups excluding carboxylic acids is 1. The van der Waals surface area contributed by atoms with Crippen molar-refractivity contribution in [2.45, 2.75) is 44.6 Å². The molecule has 1 aliphatic heterocycles. The van der Waals surface area contributed by atoms with Crippen LogP contribution in [0.5, 0.6) is 5.75 Å². The molecule has 6 nitrogen and oxygen atoms in total. The topological polar surface area (TPSA) is 81.4 Å². The Labute approximate surface area is 116 Å². The van der Waals surface area contributed by atoms with Crippen molar-refractivity contribution in [1.29, 1.82) is 0 Å². The van der Waals surface area contributed by atoms with Crippen LogP contribution in [0.25, 0.3) is 0 Å². The van der Waals surface area contributed by atoms with Gasteiger partial charge in [-0.2, -0.15) is 0 Å². The summed E-state index contributed by atoms with van der Waals surface area (Å²) in [6, 6.07) is 0. The second kappa shape index (κ2) is 4.70. The number of hydrogen-bond acceptors (Lipinski definition) is 5. The summed E-state index contributed by atoms with van der Waals surface area (Å²) in [4.78, 5) is 28.2. The maximum absolute atomic E-state index is 12.3. The Hall–Kier alpha value is -1.69. The number of aromatic hydroxyl groups is 1. The number of ether oxygens (including phenoxy) is 1. The van der Waals surface area contributed by atoms with E-state index in [1.54, 1.807) is 0 Å². The van der Waals surface area contributed by atoms with E-state index >= 15 is 0 Å². The lowest BCUT2D eigenvalue weighted by Crippen LogP contribution is -2.36. The van der Waals surface area contributed by atoms with Gasteiger partial charge in [0.05, 0.1) is 25.2 Å². The zero-order valence-electron chi connectivity index (χ0n) is 11.5. The standard InChI is InChI=1S/C14H18N2O4/c1-9(17)10-11(18)12(19)16-6-7-20-8-14(13(16)15-10)4-2-3-5-14/h18H,2-8H2,1H3. The molecule has 0 atom stereocenters. The Morgan fingerprint density at radius 2 is 2.10 bits per heavy atom. The first-order chi connectivity index (χ1) is 9.55. The number of carbonyl (C=O) groups is 1. The van der Waals surface area contributed by atoms with Gasteiger partial charge in [-0.25, -0.2) is 4.98 Å². The van der Waals surface area contributed by atoms with E-state index in [2.05, 4.69) is 4.98 Å². The van der Waals surface area contributed by atoms with E-state index in [1.165, 1.54) is 11.5 Å². The van der Waals surface area contributed by atoms with Crippen LogP contribution in [0.1, 0.15) is 48.9 Å². The molecule has 1 aliphatic carbocycles. The van der Waals surface area contributed by atoms with Crippen LogP contribution in [0.15, 0.2) is 4.79 Å². The van der Waals surface area contributed by atoms with E-state index in [-0.39, 0.29) is 16.9 Å². The fraction of sp³-hybridized carbons (Fsp3) is 0.643. The van der Waals surface area contributed by atoms with Gasteiger partial charge < -0.3 is 9.84 Å². The molecule has 0 aromatic carbocycles. The summed E-state index contributed by atoms with van der Waals surface area (Å²) in [5, 5.41) is 9.89. The minimum atomic E-state index is -0.545. The van der Waals surface area contributed by atoms with Gasteiger partial charge in [0.1, 0.15) is 5.82 Å². The van der Waals surface area contributed by atoms with Crippen molar-refractivity contribution >= 4 is 5.78 Å². The average molecular weight is 278 g/mol. The van der Waals surface area contributed by atoms with Crippen LogP contribution in [0.4, 0.5) is 0 Å². The van der Waals surface area contributed by atoms with Crippen molar-refractivity contribution in [3.05, 3.63) is 21.9 Å². The number of hydrogen-bond donors (Lipinski definition) is 1. The van der Waals surface area contributed by atoms with E-state index in [0.717, 1.165) is 25.7 Å². The molecule has 1 aromatic rings. The molecule has 0 amide bonds. The molecule has 1 aromatic heterocycles. The van der Waals surface area contributed by atoms with Gasteiger partial charge in [0.2, 0.25) is 5.75 Å². The third kappa shape index (κ3) is 1.86. The number of rotatable bonds is 1. The molecule has 1 fully saturated rings. The minimum Gasteiger partial charge on any atom is -0.501 e. The summed E-state index contributed by atoms with van der Waals surface area (Å²) < 4.78 is 7.13. The normalized spacial score (nSPS) is 20.6. The summed E-state index contributed by atoms with van der Waals surface area (Å²) in [6.07, 6.45) is 3.94. The minimum absolute atomic E-state index is 0.116. The number of Topliss-reactive ketones (excluding diaryl/α,β-unsaturated/α-hetero) is 1. The summed E-state index contributed by atoms with van der Waals surface area (Å²) in [7, 11) is 0. The van der Waals surface area contributed by atoms with Gasteiger partial charge in [0, 0.05) is 6.92 Å². The Bertz CT molecular complexity index is 614. The molecule has 2 heterocycles. The molecular formula is C14H18N2O4. The number of ketones is 1. The highest BCUT2D eigenvalue weighted by Crippen LogP contribution is 2.41. The lowest BCUT2D eigenvalue weighted by atomic mass is 9.85. The summed E-state index contributed by atoms with van der Waals surface area (Å²) in [5.74, 6) is -0.321. The second-order valence-corrected chi connectivity index (χ2v) is 5.69. The molecule has 1 spiro atoms. The SMILES string of the molecule is CC(=O)c1nc2n(c(=O)c1O)CCOCC21CCCC1. The average Bonchev–Trinajstić information content (AvgIpc) is 2.80. The van der Waals surface area contributed by atoms with Crippen LogP contribution in [0.2, 0.25) is 0 Å². The predicted molar refractivity (Wildman–Crippen MR) is 71.1 cm³/mol. The third-order valence-electron chi connectivity index (χ3n) is 4.35. The maximum atomic E-state index is 12.3. The first-order valence-corrected chi connectivity index (χ1v) is 6.98. The smallest absolute Gasteiger partial charge is 0.296 e. The van der Waals surface area contributed by atoms with Crippen molar-refractivity contribution < 1.29 is 14.6 Å². The van der Waals surface area contributed by atoms with Gasteiger partial charge in [0.15, 0.2) is 11.5 Å². The van der Waals surface area contributed by atoms with Crippen LogP contribution in [0, 0.1) is 0 Å². The van der Waals surface area contributed by atoms with Gasteiger partial charge in [0.25, 0.3) is 5.56 Å². The van der Waals surface area contributed by atoms with Gasteiger partial charge in [-0.1, -0.05) is 12.8 Å². The van der Waals surface area contributed by atoms with Crippen molar-refractivity contribution in [1.82, 2.24) is 9.55 Å². The quantitative estimate of drug-likeness (QED) is 0.775. The molecular weight excluding hydrogens is 260 g/mol. The third-order valence-corrected chi connectivity index (χ3v) is 4.35. The Kier molecular flexibility index (Phi) is 3.12. The molecule has 1 N–H and O–H groups in total. The highest BCUT2D eigenvalue weighted by atomic mass is 16.5. The zero-order chi connectivity index (χ0) is 14.3. The number of aromatic nitrogens is 2. The second-order valence-electron chi connectivity index (χ2n) is 5.69. The molecule has 0 unspecified atom stereocenters. The molecule has 1 saturated carbocycles. The Morgan fingerprint density at radius 1 is 1.40 bits per heavy atom. The van der Waals surface area contributed by atoms with Crippen LogP contribution < -0.4 is 5.56 Å². The largest absolute Gasteiger partial charge is 0.501 e. The first-order valence-electron chi connectivity index (χ1n) is 6.98. The van der Waals surface area contributed by atoms with E-state index < -0.39 is 11.3 Å². The summed E-state index contributed by atoms with van der Waals surface area (Å²) >= 11 is 0. The van der Waals surface area contributed by atoms with E-state index in [0.29, 0.717) is 25.6 Å². The van der Waals surface area contributed by atoms with E-state index in [9.17, 15) is 14.7 Å². The monoisotopic (exact) mass is 278 g/mol. The molecule has 108 valence electrons. The maximum Gasteiger partial charge on any atom is 0.296 e. The van der Waals surface area contributed by atoms with Crippen LogP contribution >= 0.6 is 0 Å². The highest BCUT2D eigenvalue weighted by Gasteiger charge is 2.42. The lowest BCUT2D eigenvalue weighted by molar-refractivity contribution is 0.0918. The fourth-order valence-electron chi connectivity index (χ4n) is 3.31. The van der Waals surface area contributed by atoms with Crippen molar-refractivity contribution in [3.8, 4) is 5.75 Å². The number of nitrogens with zero attached hydrogens (tertiary/aromatic N) is 2. The van der Waals surface area contributed by atoms with Crippen molar-refractivity contribution in [3.63, 3.8) is 0 Å². The molecule has 20 heavy (non-hydrogen) atoms. The predicted octanol–water partition coefficient (Wildman–Crippen LogP) is 0.994. The van der Waals surface area contributed by atoms with Gasteiger partial charge in [-0.3, -0.25) is 14.2 Å². The van der Waals surface area contributed by atoms with Gasteiger partial charge in [-0.05, 0) is 12.8 Å². The molecule has 2 aliphatic rings. The van der Waals surface area contributed by atoms with E-state index in [4.69, 9.17) is 4.74 Å². The molecule has 6 heteroatoms. The van der Waals surface area contributed by atoms with Crippen LogP contribution in [-0.4, -0.2) is 33.7 Å². The molecule has 0 radical (unpaired) electrons. The highest BCUT2D eigenvalue weighted by molar-refractivity contribution is 5.94. The summed E-state index contributed by atoms with van der Waals surface area (Å²) in [6.45, 7) is 2.64. The van der Waals surface area contributed by atoms with Gasteiger partial charge >= 0.3 is 0 Å². The first kappa shape index (κ1) is 13.3. The van der Waals surface area contributed by atoms with Crippen molar-refractivity contribution in [2.75, 3.05) is 13.2 Å². The summed E-state index contributed by atoms with van der Waals surface area (Å²) in [5.41, 5.74) is -0.931. The van der Waals surface area contributed by atoms with Crippen molar-refractivity contribution in [2.24, 2.45) is 0 Å². The zero-order valence-corrected chi connectivity index (χ0v) is 11.5. The van der Waals surface area contributed by atoms with Gasteiger partial charge in [-0.15, -0.1) is 0 Å². The van der Waals surface area contributed by atoms with E-state index in [1.807, 2.05) is 0 Å². The molecule has 0 saturated heterocycles. The van der Waals surface area contributed by atoms with Crippen LogP contribution in [0.3, 0.4) is 0 Å².